The molecule has 3 aromatic rings. The van der Waals surface area contributed by atoms with Crippen molar-refractivity contribution in [1.29, 1.82) is 0 Å². The van der Waals surface area contributed by atoms with E-state index < -0.39 is 5.97 Å². The summed E-state index contributed by atoms with van der Waals surface area (Å²) in [5.74, 6) is 0.919. The molecule has 1 aliphatic rings. The first-order chi connectivity index (χ1) is 16.1. The van der Waals surface area contributed by atoms with E-state index in [1.165, 1.54) is 50.3 Å². The smallest absolute Gasteiger partial charge is 0.343 e. The van der Waals surface area contributed by atoms with Crippen LogP contribution in [0.2, 0.25) is 5.02 Å². The number of terminal acetylenes is 1. The molecule has 4 heteroatoms. The number of hydrogen-bond donors (Lipinski definition) is 0. The molecular formula is C29H29ClO3. The minimum Gasteiger partial charge on any atom is -0.482 e. The minimum atomic E-state index is -0.408. The Morgan fingerprint density at radius 1 is 0.879 bits per heavy atom. The third-order valence-corrected chi connectivity index (χ3v) is 6.35. The summed E-state index contributed by atoms with van der Waals surface area (Å²) in [6.07, 6.45) is 14.7. The van der Waals surface area contributed by atoms with Gasteiger partial charge in [0.2, 0.25) is 0 Å². The van der Waals surface area contributed by atoms with Crippen LogP contribution in [0.25, 0.3) is 22.3 Å². The number of rotatable bonds is 6. The van der Waals surface area contributed by atoms with E-state index >= 15 is 0 Å². The molecule has 0 bridgehead atoms. The van der Waals surface area contributed by atoms with Crippen molar-refractivity contribution < 1.29 is 14.3 Å². The fraction of sp³-hybridized carbons (Fsp3) is 0.276. The summed E-state index contributed by atoms with van der Waals surface area (Å²) in [5.41, 5.74) is 5.71. The van der Waals surface area contributed by atoms with E-state index in [4.69, 9.17) is 16.3 Å². The third-order valence-electron chi connectivity index (χ3n) is 6.04. The summed E-state index contributed by atoms with van der Waals surface area (Å²) in [4.78, 5) is 11.2. The van der Waals surface area contributed by atoms with E-state index in [0.29, 0.717) is 16.7 Å². The zero-order valence-corrected chi connectivity index (χ0v) is 19.7. The van der Waals surface area contributed by atoms with Crippen LogP contribution in [-0.4, -0.2) is 19.7 Å². The number of carbonyl (C=O) groups is 1. The molecule has 0 heterocycles. The van der Waals surface area contributed by atoms with E-state index in [9.17, 15) is 4.79 Å². The van der Waals surface area contributed by atoms with Crippen LogP contribution in [0.15, 0.2) is 66.7 Å². The van der Waals surface area contributed by atoms with Gasteiger partial charge in [0, 0.05) is 10.6 Å². The van der Waals surface area contributed by atoms with Gasteiger partial charge in [-0.1, -0.05) is 79.4 Å². The molecule has 0 N–H and O–H groups in total. The lowest BCUT2D eigenvalue weighted by atomic mass is 9.83. The molecule has 0 atom stereocenters. The molecule has 1 saturated carbocycles. The molecule has 1 fully saturated rings. The number of methoxy groups -OCH3 is 1. The lowest BCUT2D eigenvalue weighted by molar-refractivity contribution is -0.142. The molecule has 3 aromatic carbocycles. The molecule has 0 aromatic heterocycles. The summed E-state index contributed by atoms with van der Waals surface area (Å²) in [7, 11) is 1.34. The Kier molecular flexibility index (Phi) is 8.98. The Morgan fingerprint density at radius 3 is 2.09 bits per heavy atom. The highest BCUT2D eigenvalue weighted by molar-refractivity contribution is 6.33. The van der Waals surface area contributed by atoms with Gasteiger partial charge in [-0.25, -0.2) is 4.79 Å². The van der Waals surface area contributed by atoms with Crippen molar-refractivity contribution in [3.05, 3.63) is 77.3 Å². The highest BCUT2D eigenvalue weighted by Crippen LogP contribution is 2.35. The van der Waals surface area contributed by atoms with Crippen LogP contribution < -0.4 is 4.74 Å². The van der Waals surface area contributed by atoms with Crippen molar-refractivity contribution in [2.24, 2.45) is 0 Å². The van der Waals surface area contributed by atoms with Gasteiger partial charge in [0.15, 0.2) is 6.61 Å². The predicted molar refractivity (Wildman–Crippen MR) is 136 cm³/mol. The first kappa shape index (κ1) is 24.4. The van der Waals surface area contributed by atoms with E-state index in [2.05, 4.69) is 54.0 Å². The second-order valence-electron chi connectivity index (χ2n) is 8.04. The maximum atomic E-state index is 11.2. The summed E-state index contributed by atoms with van der Waals surface area (Å²) < 4.78 is 9.99. The lowest BCUT2D eigenvalue weighted by Crippen LogP contribution is -2.12. The summed E-state index contributed by atoms with van der Waals surface area (Å²) in [6, 6.07) is 22.7. The van der Waals surface area contributed by atoms with Gasteiger partial charge in [0.05, 0.1) is 7.11 Å². The van der Waals surface area contributed by atoms with Crippen LogP contribution in [0.4, 0.5) is 0 Å². The normalized spacial score (nSPS) is 13.5. The number of halogens is 1. The van der Waals surface area contributed by atoms with Crippen molar-refractivity contribution in [3.8, 4) is 40.9 Å². The first-order valence-corrected chi connectivity index (χ1v) is 11.5. The van der Waals surface area contributed by atoms with Crippen LogP contribution in [0.5, 0.6) is 5.75 Å². The van der Waals surface area contributed by atoms with Crippen LogP contribution in [0.1, 0.15) is 43.6 Å². The molecular weight excluding hydrogens is 432 g/mol. The van der Waals surface area contributed by atoms with Crippen molar-refractivity contribution in [2.75, 3.05) is 13.7 Å². The van der Waals surface area contributed by atoms with Gasteiger partial charge in [-0.2, -0.15) is 0 Å². The number of ether oxygens (including phenoxy) is 2. The minimum absolute atomic E-state index is 0.106. The van der Waals surface area contributed by atoms with Gasteiger partial charge in [0.25, 0.3) is 0 Å². The molecule has 33 heavy (non-hydrogen) atoms. The van der Waals surface area contributed by atoms with Crippen LogP contribution >= 0.6 is 11.6 Å². The van der Waals surface area contributed by atoms with E-state index in [0.717, 1.165) is 16.7 Å². The molecule has 4 rings (SSSR count). The van der Waals surface area contributed by atoms with E-state index in [1.54, 1.807) is 0 Å². The van der Waals surface area contributed by atoms with Crippen molar-refractivity contribution in [1.82, 2.24) is 0 Å². The monoisotopic (exact) mass is 460 g/mol. The molecule has 0 unspecified atom stereocenters. The molecule has 3 nitrogen and oxygen atoms in total. The second kappa shape index (κ2) is 12.1. The van der Waals surface area contributed by atoms with Crippen molar-refractivity contribution >= 4 is 17.6 Å². The van der Waals surface area contributed by atoms with Crippen LogP contribution in [0.3, 0.4) is 0 Å². The molecule has 0 saturated heterocycles. The standard InChI is InChI=1S/C27H27ClO3.C2H2/c1-30-27(29)18-31-24-14-11-22(12-15-24)25-16-13-23(17-26(25)28)21-9-7-20(8-10-21)19-5-3-2-4-6-19;1-2/h7-17,19H,2-6,18H2,1H3;1-2H. The number of hydrogen-bond acceptors (Lipinski definition) is 3. The van der Waals surface area contributed by atoms with Gasteiger partial charge < -0.3 is 9.47 Å². The molecule has 0 spiro atoms. The quantitative estimate of drug-likeness (QED) is 0.282. The summed E-state index contributed by atoms with van der Waals surface area (Å²) >= 11 is 6.64. The maximum absolute atomic E-state index is 11.2. The molecule has 0 aliphatic heterocycles. The Bertz CT molecular complexity index is 1060. The SMILES string of the molecule is C#C.COC(=O)COc1ccc(-c2ccc(-c3ccc(C4CCCCC4)cc3)cc2Cl)cc1. The topological polar surface area (TPSA) is 35.5 Å². The van der Waals surface area contributed by atoms with Gasteiger partial charge in [0.1, 0.15) is 5.75 Å². The van der Waals surface area contributed by atoms with Gasteiger partial charge in [-0.05, 0) is 59.2 Å². The number of esters is 1. The van der Waals surface area contributed by atoms with Crippen molar-refractivity contribution in [2.45, 2.75) is 38.0 Å². The highest BCUT2D eigenvalue weighted by atomic mass is 35.5. The van der Waals surface area contributed by atoms with Crippen molar-refractivity contribution in [3.63, 3.8) is 0 Å². The second-order valence-corrected chi connectivity index (χ2v) is 8.45. The van der Waals surface area contributed by atoms with Crippen LogP contribution in [0, 0.1) is 12.8 Å². The molecule has 170 valence electrons. The zero-order chi connectivity index (χ0) is 23.6. The largest absolute Gasteiger partial charge is 0.482 e. The third kappa shape index (κ3) is 6.40. The van der Waals surface area contributed by atoms with E-state index in [1.807, 2.05) is 30.3 Å². The van der Waals surface area contributed by atoms with Gasteiger partial charge in [-0.3, -0.25) is 0 Å². The molecule has 0 radical (unpaired) electrons. The molecule has 0 amide bonds. The first-order valence-electron chi connectivity index (χ1n) is 11.2. The van der Waals surface area contributed by atoms with Gasteiger partial charge >= 0.3 is 5.97 Å². The predicted octanol–water partition coefficient (Wildman–Crippen LogP) is 7.52. The summed E-state index contributed by atoms with van der Waals surface area (Å²) in [6.45, 7) is -0.106. The zero-order valence-electron chi connectivity index (χ0n) is 18.9. The fourth-order valence-corrected chi connectivity index (χ4v) is 4.53. The average Bonchev–Trinajstić information content (AvgIpc) is 2.89. The lowest BCUT2D eigenvalue weighted by Gasteiger charge is -2.22. The van der Waals surface area contributed by atoms with E-state index in [-0.39, 0.29) is 6.61 Å². The Morgan fingerprint density at radius 2 is 1.48 bits per heavy atom. The van der Waals surface area contributed by atoms with Gasteiger partial charge in [-0.15, -0.1) is 12.8 Å². The number of benzene rings is 3. The summed E-state index contributed by atoms with van der Waals surface area (Å²) in [5, 5.41) is 0.706. The average molecular weight is 461 g/mol. The maximum Gasteiger partial charge on any atom is 0.343 e. The Labute approximate surface area is 201 Å². The van der Waals surface area contributed by atoms with Crippen LogP contribution in [-0.2, 0) is 9.53 Å². The number of carbonyl (C=O) groups excluding carboxylic acids is 1. The fourth-order valence-electron chi connectivity index (χ4n) is 4.24. The highest BCUT2D eigenvalue weighted by Gasteiger charge is 2.15. The molecule has 1 aliphatic carbocycles. The Balaban J connectivity index is 0.00000149. The Hall–Kier alpha value is -3.22.